The number of hydrazone groups is 1. The van der Waals surface area contributed by atoms with Crippen LogP contribution in [0.4, 0.5) is 0 Å². The number of amides is 1. The minimum Gasteiger partial charge on any atom is -0.385 e. The van der Waals surface area contributed by atoms with Gasteiger partial charge in [-0.1, -0.05) is 10.3 Å². The van der Waals surface area contributed by atoms with Crippen molar-refractivity contribution in [1.29, 1.82) is 0 Å². The molecule has 2 rings (SSSR count). The zero-order valence-electron chi connectivity index (χ0n) is 9.67. The Morgan fingerprint density at radius 3 is 2.76 bits per heavy atom. The van der Waals surface area contributed by atoms with Crippen molar-refractivity contribution in [2.75, 3.05) is 7.05 Å². The highest BCUT2D eigenvalue weighted by molar-refractivity contribution is 6.68. The van der Waals surface area contributed by atoms with Crippen molar-refractivity contribution in [3.8, 4) is 0 Å². The predicted molar refractivity (Wildman–Crippen MR) is 57.1 cm³/mol. The SMILES string of the molecule is CC1=NN(C)C(=O)C1=NOCc1nc(C)no1. The predicted octanol–water partition coefficient (Wildman–Crippen LogP) is 0.0985. The molecule has 1 aliphatic rings. The highest BCUT2D eigenvalue weighted by Gasteiger charge is 2.27. The minimum atomic E-state index is -0.302. The van der Waals surface area contributed by atoms with Gasteiger partial charge in [0.25, 0.3) is 11.8 Å². The Kier molecular flexibility index (Phi) is 2.86. The third-order valence-corrected chi connectivity index (χ3v) is 2.05. The molecule has 0 radical (unpaired) electrons. The third kappa shape index (κ3) is 2.30. The van der Waals surface area contributed by atoms with Gasteiger partial charge in [-0.3, -0.25) is 4.79 Å². The number of aromatic nitrogens is 2. The molecule has 0 aliphatic carbocycles. The number of oxime groups is 1. The summed E-state index contributed by atoms with van der Waals surface area (Å²) in [7, 11) is 1.55. The first-order valence-corrected chi connectivity index (χ1v) is 4.90. The van der Waals surface area contributed by atoms with Crippen LogP contribution in [0.25, 0.3) is 0 Å². The summed E-state index contributed by atoms with van der Waals surface area (Å²) in [4.78, 5) is 20.4. The highest BCUT2D eigenvalue weighted by Crippen LogP contribution is 2.05. The Morgan fingerprint density at radius 2 is 2.24 bits per heavy atom. The maximum Gasteiger partial charge on any atom is 0.297 e. The summed E-state index contributed by atoms with van der Waals surface area (Å²) in [5.74, 6) is 0.523. The molecule has 1 aromatic heterocycles. The molecule has 0 spiro atoms. The standard InChI is InChI=1S/C9H11N5O3/c1-5-8(9(15)14(3)11-5)13-16-4-7-10-6(2)12-17-7/h4H2,1-3H3. The molecular formula is C9H11N5O3. The molecule has 0 saturated carbocycles. The zero-order valence-corrected chi connectivity index (χ0v) is 9.67. The van der Waals surface area contributed by atoms with Gasteiger partial charge >= 0.3 is 0 Å². The molecule has 8 heteroatoms. The van der Waals surface area contributed by atoms with Crippen LogP contribution in [0.15, 0.2) is 14.8 Å². The molecular weight excluding hydrogens is 226 g/mol. The first-order valence-electron chi connectivity index (χ1n) is 4.90. The quantitative estimate of drug-likeness (QED) is 0.695. The second kappa shape index (κ2) is 4.32. The number of hydrogen-bond donors (Lipinski definition) is 0. The van der Waals surface area contributed by atoms with Gasteiger partial charge in [0.05, 0.1) is 5.71 Å². The molecule has 1 aromatic rings. The highest BCUT2D eigenvalue weighted by atomic mass is 16.6. The molecule has 0 atom stereocenters. The maximum absolute atomic E-state index is 11.5. The van der Waals surface area contributed by atoms with E-state index in [9.17, 15) is 4.79 Å². The fraction of sp³-hybridized carbons (Fsp3) is 0.444. The van der Waals surface area contributed by atoms with Crippen LogP contribution in [-0.4, -0.2) is 39.5 Å². The Morgan fingerprint density at radius 1 is 1.47 bits per heavy atom. The summed E-state index contributed by atoms with van der Waals surface area (Å²) >= 11 is 0. The van der Waals surface area contributed by atoms with Crippen molar-refractivity contribution in [2.24, 2.45) is 10.3 Å². The van der Waals surface area contributed by atoms with Crippen LogP contribution in [0, 0.1) is 6.92 Å². The lowest BCUT2D eigenvalue weighted by Crippen LogP contribution is -2.24. The zero-order chi connectivity index (χ0) is 12.4. The molecule has 1 amide bonds. The van der Waals surface area contributed by atoms with E-state index in [4.69, 9.17) is 9.36 Å². The van der Waals surface area contributed by atoms with Crippen LogP contribution in [-0.2, 0) is 16.2 Å². The van der Waals surface area contributed by atoms with Gasteiger partial charge in [0.1, 0.15) is 0 Å². The molecule has 2 heterocycles. The van der Waals surface area contributed by atoms with Crippen LogP contribution in [0.2, 0.25) is 0 Å². The van der Waals surface area contributed by atoms with Crippen LogP contribution in [0.3, 0.4) is 0 Å². The molecule has 17 heavy (non-hydrogen) atoms. The molecule has 90 valence electrons. The largest absolute Gasteiger partial charge is 0.385 e. The van der Waals surface area contributed by atoms with Gasteiger partial charge in [-0.05, 0) is 13.8 Å². The molecule has 0 unspecified atom stereocenters. The number of hydrogen-bond acceptors (Lipinski definition) is 7. The van der Waals surface area contributed by atoms with E-state index in [1.165, 1.54) is 5.01 Å². The van der Waals surface area contributed by atoms with E-state index in [1.807, 2.05) is 0 Å². The van der Waals surface area contributed by atoms with E-state index in [0.717, 1.165) is 0 Å². The van der Waals surface area contributed by atoms with E-state index in [1.54, 1.807) is 20.9 Å². The van der Waals surface area contributed by atoms with Crippen molar-refractivity contribution in [2.45, 2.75) is 20.5 Å². The maximum atomic E-state index is 11.5. The second-order valence-corrected chi connectivity index (χ2v) is 3.46. The van der Waals surface area contributed by atoms with Gasteiger partial charge in [0.2, 0.25) is 0 Å². The van der Waals surface area contributed by atoms with Crippen molar-refractivity contribution in [3.05, 3.63) is 11.7 Å². The summed E-state index contributed by atoms with van der Waals surface area (Å²) in [6.07, 6.45) is 0. The first kappa shape index (κ1) is 11.2. The van der Waals surface area contributed by atoms with E-state index in [-0.39, 0.29) is 18.2 Å². The Labute approximate surface area is 96.9 Å². The lowest BCUT2D eigenvalue weighted by Gasteiger charge is -2.00. The molecule has 0 N–H and O–H groups in total. The average molecular weight is 237 g/mol. The summed E-state index contributed by atoms with van der Waals surface area (Å²) in [6, 6.07) is 0. The molecule has 1 aliphatic heterocycles. The summed E-state index contributed by atoms with van der Waals surface area (Å²) in [6.45, 7) is 3.40. The Hall–Kier alpha value is -2.25. The Balaban J connectivity index is 1.98. The first-order chi connectivity index (χ1) is 8.08. The summed E-state index contributed by atoms with van der Waals surface area (Å²) < 4.78 is 4.82. The molecule has 8 nitrogen and oxygen atoms in total. The van der Waals surface area contributed by atoms with Gasteiger partial charge in [-0.25, -0.2) is 5.01 Å². The normalized spacial score (nSPS) is 17.8. The van der Waals surface area contributed by atoms with E-state index >= 15 is 0 Å². The van der Waals surface area contributed by atoms with Crippen LogP contribution in [0.1, 0.15) is 18.6 Å². The second-order valence-electron chi connectivity index (χ2n) is 3.46. The van der Waals surface area contributed by atoms with Crippen LogP contribution < -0.4 is 0 Å². The van der Waals surface area contributed by atoms with Crippen molar-refractivity contribution < 1.29 is 14.2 Å². The van der Waals surface area contributed by atoms with Crippen LogP contribution >= 0.6 is 0 Å². The van der Waals surface area contributed by atoms with Crippen molar-refractivity contribution >= 4 is 17.3 Å². The summed E-state index contributed by atoms with van der Waals surface area (Å²) in [5.41, 5.74) is 0.697. The monoisotopic (exact) mass is 237 g/mol. The minimum absolute atomic E-state index is 0.0224. The average Bonchev–Trinajstić information content (AvgIpc) is 2.78. The van der Waals surface area contributed by atoms with Gasteiger partial charge in [-0.15, -0.1) is 0 Å². The van der Waals surface area contributed by atoms with Crippen molar-refractivity contribution in [1.82, 2.24) is 15.1 Å². The molecule has 0 fully saturated rings. The summed E-state index contributed by atoms with van der Waals surface area (Å²) in [5, 5.41) is 12.4. The Bertz CT molecular complexity index is 504. The molecule has 0 bridgehead atoms. The van der Waals surface area contributed by atoms with E-state index in [2.05, 4.69) is 20.4 Å². The number of carbonyl (C=O) groups excluding carboxylic acids is 1. The number of aryl methyl sites for hydroxylation is 1. The smallest absolute Gasteiger partial charge is 0.297 e. The van der Waals surface area contributed by atoms with E-state index in [0.29, 0.717) is 17.4 Å². The molecule has 0 saturated heterocycles. The van der Waals surface area contributed by atoms with Gasteiger partial charge in [0, 0.05) is 7.05 Å². The lowest BCUT2D eigenvalue weighted by atomic mass is 10.3. The third-order valence-electron chi connectivity index (χ3n) is 2.05. The lowest BCUT2D eigenvalue weighted by molar-refractivity contribution is -0.122. The topological polar surface area (TPSA) is 93.2 Å². The number of nitrogens with zero attached hydrogens (tertiary/aromatic N) is 5. The van der Waals surface area contributed by atoms with E-state index < -0.39 is 0 Å². The van der Waals surface area contributed by atoms with Crippen LogP contribution in [0.5, 0.6) is 0 Å². The number of carbonyl (C=O) groups is 1. The van der Waals surface area contributed by atoms with Gasteiger partial charge in [-0.2, -0.15) is 10.1 Å². The van der Waals surface area contributed by atoms with Crippen molar-refractivity contribution in [3.63, 3.8) is 0 Å². The molecule has 0 aromatic carbocycles. The van der Waals surface area contributed by atoms with Gasteiger partial charge < -0.3 is 9.36 Å². The van der Waals surface area contributed by atoms with Gasteiger partial charge in [0.15, 0.2) is 18.1 Å². The fourth-order valence-electron chi connectivity index (χ4n) is 1.28. The fourth-order valence-corrected chi connectivity index (χ4v) is 1.28. The number of rotatable bonds is 3.